The lowest BCUT2D eigenvalue weighted by Crippen LogP contribution is -2.28. The topological polar surface area (TPSA) is 47.6 Å². The van der Waals surface area contributed by atoms with Gasteiger partial charge in [-0.2, -0.15) is 13.2 Å². The molecule has 3 aromatic carbocycles. The molecule has 1 amide bonds. The summed E-state index contributed by atoms with van der Waals surface area (Å²) in [5.74, 6) is -0.182. The Balaban J connectivity index is 1.51. The maximum Gasteiger partial charge on any atom is 0.422 e. The summed E-state index contributed by atoms with van der Waals surface area (Å²) in [6.45, 7) is -1.26. The van der Waals surface area contributed by atoms with Crippen molar-refractivity contribution in [2.45, 2.75) is 18.8 Å². The first-order chi connectivity index (χ1) is 14.9. The molecule has 0 aromatic heterocycles. The van der Waals surface area contributed by atoms with Crippen LogP contribution in [0.5, 0.6) is 5.75 Å². The van der Waals surface area contributed by atoms with Crippen molar-refractivity contribution >= 4 is 5.91 Å². The minimum absolute atomic E-state index is 0.115. The Bertz CT molecular complexity index is 906. The molecule has 0 fully saturated rings. The van der Waals surface area contributed by atoms with E-state index in [1.54, 1.807) is 12.1 Å². The maximum atomic E-state index is 12.3. The number of nitrogens with one attached hydrogen (secondary N) is 1. The monoisotopic (exact) mass is 429 g/mol. The third-order valence-electron chi connectivity index (χ3n) is 4.40. The molecular formula is C24H22F3NO3. The van der Waals surface area contributed by atoms with E-state index in [-0.39, 0.29) is 30.9 Å². The number of hydrogen-bond acceptors (Lipinski definition) is 3. The molecule has 0 aliphatic heterocycles. The molecule has 0 saturated carbocycles. The fourth-order valence-electron chi connectivity index (χ4n) is 2.92. The third kappa shape index (κ3) is 7.46. The Kier molecular flexibility index (Phi) is 7.67. The zero-order valence-electron chi connectivity index (χ0n) is 16.6. The van der Waals surface area contributed by atoms with Gasteiger partial charge in [-0.05, 0) is 28.8 Å². The molecule has 0 unspecified atom stereocenters. The summed E-state index contributed by atoms with van der Waals surface area (Å²) in [5.41, 5.74) is 2.61. The van der Waals surface area contributed by atoms with Gasteiger partial charge in [0.1, 0.15) is 18.5 Å². The number of amides is 1. The van der Waals surface area contributed by atoms with Crippen LogP contribution in [-0.2, 0) is 16.1 Å². The number of alkyl halides is 3. The molecule has 0 saturated heterocycles. The van der Waals surface area contributed by atoms with Crippen molar-refractivity contribution in [2.75, 3.05) is 13.2 Å². The molecule has 0 heterocycles. The molecule has 1 N–H and O–H groups in total. The van der Waals surface area contributed by atoms with Gasteiger partial charge in [0, 0.05) is 6.54 Å². The Morgan fingerprint density at radius 2 is 1.39 bits per heavy atom. The van der Waals surface area contributed by atoms with Crippen molar-refractivity contribution < 1.29 is 27.4 Å². The summed E-state index contributed by atoms with van der Waals surface area (Å²) in [7, 11) is 0. The minimum atomic E-state index is -4.38. The zero-order valence-corrected chi connectivity index (χ0v) is 16.6. The standard InChI is InChI=1S/C24H22F3NO3/c25-24(26,27)17-31-21-13-11-18(12-14-21)15-28-22(29)16-30-23(19-7-3-1-4-8-19)20-9-5-2-6-10-20/h1-14,23H,15-17H2,(H,28,29). The van der Waals surface area contributed by atoms with Gasteiger partial charge in [0.05, 0.1) is 0 Å². The summed E-state index contributed by atoms with van der Waals surface area (Å²) in [5, 5.41) is 2.75. The Morgan fingerprint density at radius 3 is 1.90 bits per heavy atom. The number of carbonyl (C=O) groups is 1. The zero-order chi connectivity index (χ0) is 22.1. The van der Waals surface area contributed by atoms with Crippen molar-refractivity contribution in [3.63, 3.8) is 0 Å². The van der Waals surface area contributed by atoms with Crippen molar-refractivity contribution in [2.24, 2.45) is 0 Å². The smallest absolute Gasteiger partial charge is 0.422 e. The first-order valence-electron chi connectivity index (χ1n) is 9.67. The number of rotatable bonds is 9. The lowest BCUT2D eigenvalue weighted by molar-refractivity contribution is -0.153. The summed E-state index contributed by atoms with van der Waals surface area (Å²) in [4.78, 5) is 12.3. The van der Waals surface area contributed by atoms with Crippen LogP contribution in [0.2, 0.25) is 0 Å². The molecule has 0 atom stereocenters. The normalized spacial score (nSPS) is 11.4. The fraction of sp³-hybridized carbons (Fsp3) is 0.208. The van der Waals surface area contributed by atoms with Gasteiger partial charge in [0.2, 0.25) is 5.91 Å². The van der Waals surface area contributed by atoms with Gasteiger partial charge in [-0.3, -0.25) is 4.79 Å². The van der Waals surface area contributed by atoms with Crippen molar-refractivity contribution in [1.82, 2.24) is 5.32 Å². The van der Waals surface area contributed by atoms with Crippen LogP contribution in [0.25, 0.3) is 0 Å². The highest BCUT2D eigenvalue weighted by atomic mass is 19.4. The maximum absolute atomic E-state index is 12.3. The molecule has 7 heteroatoms. The minimum Gasteiger partial charge on any atom is -0.484 e. The molecule has 3 rings (SSSR count). The van der Waals surface area contributed by atoms with Crippen LogP contribution in [0.1, 0.15) is 22.8 Å². The molecular weight excluding hydrogens is 407 g/mol. The lowest BCUT2D eigenvalue weighted by Gasteiger charge is -2.19. The first-order valence-corrected chi connectivity index (χ1v) is 9.67. The summed E-state index contributed by atoms with van der Waals surface area (Å²) >= 11 is 0. The van der Waals surface area contributed by atoms with Crippen LogP contribution >= 0.6 is 0 Å². The molecule has 4 nitrogen and oxygen atoms in total. The second kappa shape index (κ2) is 10.6. The van der Waals surface area contributed by atoms with E-state index in [1.165, 1.54) is 12.1 Å². The van der Waals surface area contributed by atoms with Gasteiger partial charge >= 0.3 is 6.18 Å². The van der Waals surface area contributed by atoms with E-state index >= 15 is 0 Å². The molecule has 3 aromatic rings. The molecule has 0 radical (unpaired) electrons. The predicted octanol–water partition coefficient (Wildman–Crippen LogP) is 5.05. The van der Waals surface area contributed by atoms with Gasteiger partial charge in [-0.25, -0.2) is 0 Å². The molecule has 31 heavy (non-hydrogen) atoms. The summed E-state index contributed by atoms with van der Waals surface area (Å²) < 4.78 is 47.2. The molecule has 0 aliphatic carbocycles. The van der Waals surface area contributed by atoms with Gasteiger partial charge in [-0.1, -0.05) is 72.8 Å². The van der Waals surface area contributed by atoms with Gasteiger partial charge in [0.25, 0.3) is 0 Å². The molecule has 0 spiro atoms. The highest BCUT2D eigenvalue weighted by Crippen LogP contribution is 2.25. The third-order valence-corrected chi connectivity index (χ3v) is 4.40. The highest BCUT2D eigenvalue weighted by Gasteiger charge is 2.28. The van der Waals surface area contributed by atoms with Gasteiger partial charge in [0.15, 0.2) is 6.61 Å². The number of hydrogen-bond donors (Lipinski definition) is 1. The van der Waals surface area contributed by atoms with E-state index in [9.17, 15) is 18.0 Å². The van der Waals surface area contributed by atoms with E-state index in [2.05, 4.69) is 10.1 Å². The quantitative estimate of drug-likeness (QED) is 0.518. The van der Waals surface area contributed by atoms with E-state index in [4.69, 9.17) is 4.74 Å². The van der Waals surface area contributed by atoms with E-state index in [1.807, 2.05) is 60.7 Å². The van der Waals surface area contributed by atoms with Crippen molar-refractivity contribution in [3.8, 4) is 5.75 Å². The van der Waals surface area contributed by atoms with Gasteiger partial charge in [-0.15, -0.1) is 0 Å². The number of benzene rings is 3. The van der Waals surface area contributed by atoms with E-state index in [0.717, 1.165) is 16.7 Å². The fourth-order valence-corrected chi connectivity index (χ4v) is 2.92. The summed E-state index contributed by atoms with van der Waals surface area (Å²) in [6.07, 6.45) is -4.76. The van der Waals surface area contributed by atoms with Crippen LogP contribution in [0.15, 0.2) is 84.9 Å². The highest BCUT2D eigenvalue weighted by molar-refractivity contribution is 5.77. The SMILES string of the molecule is O=C(COC(c1ccccc1)c1ccccc1)NCc1ccc(OCC(F)(F)F)cc1. The van der Waals surface area contributed by atoms with Crippen LogP contribution < -0.4 is 10.1 Å². The van der Waals surface area contributed by atoms with Crippen molar-refractivity contribution in [1.29, 1.82) is 0 Å². The van der Waals surface area contributed by atoms with Crippen LogP contribution in [0, 0.1) is 0 Å². The number of carbonyl (C=O) groups excluding carboxylic acids is 1. The average Bonchev–Trinajstić information content (AvgIpc) is 2.78. The van der Waals surface area contributed by atoms with Crippen molar-refractivity contribution in [3.05, 3.63) is 102 Å². The van der Waals surface area contributed by atoms with Crippen LogP contribution in [0.3, 0.4) is 0 Å². The van der Waals surface area contributed by atoms with Crippen LogP contribution in [-0.4, -0.2) is 25.3 Å². The lowest BCUT2D eigenvalue weighted by atomic mass is 10.0. The average molecular weight is 429 g/mol. The second-order valence-electron chi connectivity index (χ2n) is 6.84. The largest absolute Gasteiger partial charge is 0.484 e. The Morgan fingerprint density at radius 1 is 0.839 bits per heavy atom. The molecule has 0 aliphatic rings. The Labute approximate surface area is 178 Å². The summed E-state index contributed by atoms with van der Waals surface area (Å²) in [6, 6.07) is 25.3. The van der Waals surface area contributed by atoms with Gasteiger partial charge < -0.3 is 14.8 Å². The second-order valence-corrected chi connectivity index (χ2v) is 6.84. The first kappa shape index (κ1) is 22.4. The molecule has 0 bridgehead atoms. The van der Waals surface area contributed by atoms with E-state index in [0.29, 0.717) is 0 Å². The van der Waals surface area contributed by atoms with E-state index < -0.39 is 12.8 Å². The molecule has 162 valence electrons. The Hall–Kier alpha value is -3.32. The predicted molar refractivity (Wildman–Crippen MR) is 111 cm³/mol. The number of halogens is 3. The van der Waals surface area contributed by atoms with Crippen LogP contribution in [0.4, 0.5) is 13.2 Å². The number of ether oxygens (including phenoxy) is 2.